The molecule has 1 saturated carbocycles. The third kappa shape index (κ3) is 4.48. The van der Waals surface area contributed by atoms with Gasteiger partial charge < -0.3 is 15.8 Å². The number of ether oxygens (including phenoxy) is 1. The van der Waals surface area contributed by atoms with Gasteiger partial charge in [0.15, 0.2) is 12.4 Å². The standard InChI is InChI=1S/C16H22N2O3/c1-11(19)14-9-12(17)7-8-15(14)21-10-16(20)18-13-5-3-2-4-6-13/h7-9,13H,2-6,10,17H2,1H3,(H,18,20). The van der Waals surface area contributed by atoms with E-state index in [2.05, 4.69) is 5.32 Å². The van der Waals surface area contributed by atoms with E-state index in [9.17, 15) is 9.59 Å². The lowest BCUT2D eigenvalue weighted by atomic mass is 9.95. The van der Waals surface area contributed by atoms with Crippen molar-refractivity contribution in [2.24, 2.45) is 0 Å². The van der Waals surface area contributed by atoms with Gasteiger partial charge in [-0.25, -0.2) is 0 Å². The van der Waals surface area contributed by atoms with Crippen LogP contribution < -0.4 is 15.8 Å². The Morgan fingerprint density at radius 3 is 2.67 bits per heavy atom. The van der Waals surface area contributed by atoms with Gasteiger partial charge in [0.05, 0.1) is 5.56 Å². The Balaban J connectivity index is 1.90. The maximum Gasteiger partial charge on any atom is 0.258 e. The second-order valence-electron chi connectivity index (χ2n) is 5.50. The van der Waals surface area contributed by atoms with Gasteiger partial charge in [0.2, 0.25) is 0 Å². The maximum absolute atomic E-state index is 11.9. The molecule has 0 heterocycles. The molecule has 0 aromatic heterocycles. The molecule has 3 N–H and O–H groups in total. The zero-order valence-electron chi connectivity index (χ0n) is 12.4. The lowest BCUT2D eigenvalue weighted by molar-refractivity contribution is -0.124. The molecule has 0 saturated heterocycles. The molecule has 0 spiro atoms. The molecule has 1 aromatic rings. The first-order chi connectivity index (χ1) is 10.1. The summed E-state index contributed by atoms with van der Waals surface area (Å²) in [4.78, 5) is 23.4. The van der Waals surface area contributed by atoms with Crippen molar-refractivity contribution in [3.05, 3.63) is 23.8 Å². The Bertz CT molecular complexity index is 522. The van der Waals surface area contributed by atoms with E-state index in [0.717, 1.165) is 25.7 Å². The lowest BCUT2D eigenvalue weighted by Gasteiger charge is -2.22. The molecular formula is C16H22N2O3. The van der Waals surface area contributed by atoms with Gasteiger partial charge in [-0.05, 0) is 38.0 Å². The highest BCUT2D eigenvalue weighted by atomic mass is 16.5. The second-order valence-corrected chi connectivity index (χ2v) is 5.50. The SMILES string of the molecule is CC(=O)c1cc(N)ccc1OCC(=O)NC1CCCCC1. The van der Waals surface area contributed by atoms with Gasteiger partial charge in [0, 0.05) is 11.7 Å². The van der Waals surface area contributed by atoms with Crippen molar-refractivity contribution in [1.82, 2.24) is 5.32 Å². The Morgan fingerprint density at radius 2 is 2.00 bits per heavy atom. The molecule has 1 aliphatic carbocycles. The summed E-state index contributed by atoms with van der Waals surface area (Å²) in [6.07, 6.45) is 5.64. The summed E-state index contributed by atoms with van der Waals surface area (Å²) in [6.45, 7) is 1.37. The van der Waals surface area contributed by atoms with Crippen molar-refractivity contribution in [2.45, 2.75) is 45.1 Å². The summed E-state index contributed by atoms with van der Waals surface area (Å²) in [5.74, 6) is 0.119. The van der Waals surface area contributed by atoms with Crippen LogP contribution in [0, 0.1) is 0 Å². The van der Waals surface area contributed by atoms with Crippen LogP contribution in [0.3, 0.4) is 0 Å². The molecule has 0 aliphatic heterocycles. The fourth-order valence-electron chi connectivity index (χ4n) is 2.61. The predicted octanol–water partition coefficient (Wildman–Crippen LogP) is 2.30. The van der Waals surface area contributed by atoms with Gasteiger partial charge in [-0.1, -0.05) is 19.3 Å². The molecule has 114 valence electrons. The van der Waals surface area contributed by atoms with Crippen LogP contribution in [0.25, 0.3) is 0 Å². The van der Waals surface area contributed by atoms with Crippen LogP contribution in [0.15, 0.2) is 18.2 Å². The maximum atomic E-state index is 11.9. The first-order valence-corrected chi connectivity index (χ1v) is 7.39. The number of carbonyl (C=O) groups excluding carboxylic acids is 2. The second kappa shape index (κ2) is 7.11. The van der Waals surface area contributed by atoms with Gasteiger partial charge >= 0.3 is 0 Å². The van der Waals surface area contributed by atoms with Crippen molar-refractivity contribution in [3.63, 3.8) is 0 Å². The number of ketones is 1. The largest absolute Gasteiger partial charge is 0.483 e. The molecule has 1 amide bonds. The number of rotatable bonds is 5. The lowest BCUT2D eigenvalue weighted by Crippen LogP contribution is -2.39. The van der Waals surface area contributed by atoms with Crippen molar-refractivity contribution < 1.29 is 14.3 Å². The van der Waals surface area contributed by atoms with Gasteiger partial charge in [-0.15, -0.1) is 0 Å². The molecule has 21 heavy (non-hydrogen) atoms. The monoisotopic (exact) mass is 290 g/mol. The van der Waals surface area contributed by atoms with Gasteiger partial charge in [0.1, 0.15) is 5.75 Å². The number of benzene rings is 1. The first-order valence-electron chi connectivity index (χ1n) is 7.39. The van der Waals surface area contributed by atoms with Crippen LogP contribution in [0.4, 0.5) is 5.69 Å². The highest BCUT2D eigenvalue weighted by Crippen LogP contribution is 2.22. The van der Waals surface area contributed by atoms with E-state index in [1.54, 1.807) is 18.2 Å². The Labute approximate surface area is 124 Å². The number of Topliss-reactive ketones (excluding diaryl/α,β-unsaturated/α-hetero) is 1. The number of hydrogen-bond donors (Lipinski definition) is 2. The number of nitrogens with one attached hydrogen (secondary N) is 1. The van der Waals surface area contributed by atoms with Crippen LogP contribution in [0.5, 0.6) is 5.75 Å². The summed E-state index contributed by atoms with van der Waals surface area (Å²) in [5, 5.41) is 2.98. The topological polar surface area (TPSA) is 81.4 Å². The number of nitrogen functional groups attached to an aromatic ring is 1. The summed E-state index contributed by atoms with van der Waals surface area (Å²) < 4.78 is 5.47. The smallest absolute Gasteiger partial charge is 0.258 e. The number of nitrogens with two attached hydrogens (primary N) is 1. The molecular weight excluding hydrogens is 268 g/mol. The third-order valence-corrected chi connectivity index (χ3v) is 3.71. The zero-order chi connectivity index (χ0) is 15.2. The Hall–Kier alpha value is -2.04. The average molecular weight is 290 g/mol. The number of carbonyl (C=O) groups is 2. The molecule has 1 fully saturated rings. The van der Waals surface area contributed by atoms with Crippen LogP contribution in [0.2, 0.25) is 0 Å². The van der Waals surface area contributed by atoms with E-state index in [1.807, 2.05) is 0 Å². The van der Waals surface area contributed by atoms with E-state index in [0.29, 0.717) is 17.0 Å². The summed E-state index contributed by atoms with van der Waals surface area (Å²) in [6, 6.07) is 5.10. The van der Waals surface area contributed by atoms with E-state index >= 15 is 0 Å². The molecule has 0 bridgehead atoms. The zero-order valence-corrected chi connectivity index (χ0v) is 12.4. The highest BCUT2D eigenvalue weighted by molar-refractivity contribution is 5.97. The van der Waals surface area contributed by atoms with Crippen molar-refractivity contribution in [1.29, 1.82) is 0 Å². The Morgan fingerprint density at radius 1 is 1.29 bits per heavy atom. The van der Waals surface area contributed by atoms with Crippen LogP contribution >= 0.6 is 0 Å². The minimum Gasteiger partial charge on any atom is -0.483 e. The molecule has 2 rings (SSSR count). The number of anilines is 1. The molecule has 5 nitrogen and oxygen atoms in total. The number of amides is 1. The summed E-state index contributed by atoms with van der Waals surface area (Å²) in [7, 11) is 0. The molecule has 1 aliphatic rings. The minimum absolute atomic E-state index is 0.0826. The van der Waals surface area contributed by atoms with Gasteiger partial charge in [-0.2, -0.15) is 0 Å². The van der Waals surface area contributed by atoms with Crippen LogP contribution in [0.1, 0.15) is 49.4 Å². The van der Waals surface area contributed by atoms with Gasteiger partial charge in [-0.3, -0.25) is 9.59 Å². The van der Waals surface area contributed by atoms with E-state index in [-0.39, 0.29) is 24.3 Å². The molecule has 0 unspecified atom stereocenters. The van der Waals surface area contributed by atoms with E-state index < -0.39 is 0 Å². The van der Waals surface area contributed by atoms with E-state index in [1.165, 1.54) is 13.3 Å². The third-order valence-electron chi connectivity index (χ3n) is 3.71. The van der Waals surface area contributed by atoms with Crippen molar-refractivity contribution in [3.8, 4) is 5.75 Å². The van der Waals surface area contributed by atoms with Crippen molar-refractivity contribution in [2.75, 3.05) is 12.3 Å². The molecule has 5 heteroatoms. The highest BCUT2D eigenvalue weighted by Gasteiger charge is 2.16. The summed E-state index contributed by atoms with van der Waals surface area (Å²) >= 11 is 0. The number of hydrogen-bond acceptors (Lipinski definition) is 4. The molecule has 1 aromatic carbocycles. The predicted molar refractivity (Wildman–Crippen MR) is 81.4 cm³/mol. The quantitative estimate of drug-likeness (QED) is 0.644. The fourth-order valence-corrected chi connectivity index (χ4v) is 2.61. The molecule has 0 atom stereocenters. The van der Waals surface area contributed by atoms with Gasteiger partial charge in [0.25, 0.3) is 5.91 Å². The van der Waals surface area contributed by atoms with E-state index in [4.69, 9.17) is 10.5 Å². The van der Waals surface area contributed by atoms with Crippen LogP contribution in [-0.2, 0) is 4.79 Å². The Kier molecular flexibility index (Phi) is 5.20. The normalized spacial score (nSPS) is 15.5. The fraction of sp³-hybridized carbons (Fsp3) is 0.500. The first kappa shape index (κ1) is 15.4. The average Bonchev–Trinajstić information content (AvgIpc) is 2.47. The molecule has 0 radical (unpaired) electrons. The minimum atomic E-state index is -0.145. The van der Waals surface area contributed by atoms with Crippen molar-refractivity contribution >= 4 is 17.4 Å². The van der Waals surface area contributed by atoms with Crippen LogP contribution in [-0.4, -0.2) is 24.3 Å². The summed E-state index contributed by atoms with van der Waals surface area (Å²) in [5.41, 5.74) is 6.56.